The number of fused-ring (bicyclic) bond motifs is 2. The molecule has 0 spiro atoms. The van der Waals surface area contributed by atoms with Crippen LogP contribution in [0, 0.1) is 0 Å². The number of thiophene rings is 1. The van der Waals surface area contributed by atoms with Crippen LogP contribution >= 0.6 is 22.7 Å². The van der Waals surface area contributed by atoms with Gasteiger partial charge in [0.15, 0.2) is 5.82 Å². The van der Waals surface area contributed by atoms with Crippen LogP contribution in [-0.4, -0.2) is 14.6 Å². The summed E-state index contributed by atoms with van der Waals surface area (Å²) >= 11 is 2.94. The monoisotopic (exact) mass is 361 g/mol. The molecule has 4 nitrogen and oxygen atoms in total. The molecular weight excluding hydrogens is 350 g/mol. The summed E-state index contributed by atoms with van der Waals surface area (Å²) in [4.78, 5) is 18.8. The van der Waals surface area contributed by atoms with Crippen LogP contribution in [0.5, 0.6) is 0 Å². The minimum atomic E-state index is -0.122. The van der Waals surface area contributed by atoms with E-state index in [4.69, 9.17) is 0 Å². The Kier molecular flexibility index (Phi) is 3.26. The molecule has 6 heteroatoms. The average Bonchev–Trinajstić information content (AvgIpc) is 3.34. The largest absolute Gasteiger partial charge is 0.291 e. The lowest BCUT2D eigenvalue weighted by Gasteiger charge is -2.00. The van der Waals surface area contributed by atoms with Crippen LogP contribution in [0.1, 0.15) is 5.56 Å². The van der Waals surface area contributed by atoms with Gasteiger partial charge in [-0.3, -0.25) is 4.79 Å². The topological polar surface area (TPSA) is 47.3 Å². The van der Waals surface area contributed by atoms with E-state index in [0.29, 0.717) is 15.3 Å². The van der Waals surface area contributed by atoms with Crippen molar-refractivity contribution >= 4 is 44.5 Å². The van der Waals surface area contributed by atoms with Crippen molar-refractivity contribution in [1.82, 2.24) is 14.6 Å². The number of benzene rings is 2. The summed E-state index contributed by atoms with van der Waals surface area (Å²) in [6.07, 6.45) is 1.93. The number of rotatable bonds is 2. The first-order chi connectivity index (χ1) is 12.3. The van der Waals surface area contributed by atoms with E-state index in [2.05, 4.69) is 28.3 Å². The number of thiazole rings is 1. The van der Waals surface area contributed by atoms with E-state index in [1.165, 1.54) is 15.9 Å². The molecule has 0 aliphatic heterocycles. The Labute approximate surface area is 150 Å². The van der Waals surface area contributed by atoms with Gasteiger partial charge in [-0.25, -0.2) is 0 Å². The van der Waals surface area contributed by atoms with Gasteiger partial charge in [0.05, 0.1) is 9.41 Å². The van der Waals surface area contributed by atoms with E-state index >= 15 is 0 Å². The highest BCUT2D eigenvalue weighted by atomic mass is 32.1. The summed E-state index contributed by atoms with van der Waals surface area (Å²) in [5, 5.41) is 8.63. The second-order valence-electron chi connectivity index (χ2n) is 5.59. The molecule has 120 valence electrons. The maximum Gasteiger partial charge on any atom is 0.291 e. The Morgan fingerprint density at radius 2 is 1.88 bits per heavy atom. The third kappa shape index (κ3) is 2.38. The summed E-state index contributed by atoms with van der Waals surface area (Å²) in [5.41, 5.74) is 0.904. The lowest BCUT2D eigenvalue weighted by atomic mass is 10.0. The van der Waals surface area contributed by atoms with E-state index < -0.39 is 0 Å². The van der Waals surface area contributed by atoms with Crippen molar-refractivity contribution in [1.29, 1.82) is 0 Å². The highest BCUT2D eigenvalue weighted by Gasteiger charge is 2.12. The van der Waals surface area contributed by atoms with E-state index in [9.17, 15) is 4.79 Å². The van der Waals surface area contributed by atoms with Crippen molar-refractivity contribution in [2.75, 3.05) is 0 Å². The van der Waals surface area contributed by atoms with Crippen molar-refractivity contribution in [3.8, 4) is 10.7 Å². The van der Waals surface area contributed by atoms with Crippen molar-refractivity contribution < 1.29 is 0 Å². The minimum absolute atomic E-state index is 0.122. The molecule has 2 aromatic carbocycles. The summed E-state index contributed by atoms with van der Waals surface area (Å²) in [6.45, 7) is 0. The van der Waals surface area contributed by atoms with Gasteiger partial charge in [-0.15, -0.1) is 16.4 Å². The zero-order chi connectivity index (χ0) is 16.8. The van der Waals surface area contributed by atoms with Gasteiger partial charge in [0.25, 0.3) is 5.56 Å². The highest BCUT2D eigenvalue weighted by molar-refractivity contribution is 7.15. The fourth-order valence-corrected chi connectivity index (χ4v) is 4.41. The Hall–Kier alpha value is -2.83. The molecule has 0 amide bonds. The van der Waals surface area contributed by atoms with Crippen molar-refractivity contribution in [2.45, 2.75) is 0 Å². The molecule has 0 N–H and O–H groups in total. The van der Waals surface area contributed by atoms with Crippen LogP contribution in [0.25, 0.3) is 32.5 Å². The molecule has 0 aliphatic carbocycles. The summed E-state index contributed by atoms with van der Waals surface area (Å²) in [7, 11) is 0. The van der Waals surface area contributed by atoms with Crippen LogP contribution in [0.15, 0.2) is 64.8 Å². The van der Waals surface area contributed by atoms with Gasteiger partial charge in [-0.2, -0.15) is 9.50 Å². The Bertz CT molecular complexity index is 1310. The predicted octanol–water partition coefficient (Wildman–Crippen LogP) is 3.58. The fourth-order valence-electron chi connectivity index (χ4n) is 2.86. The zero-order valence-corrected chi connectivity index (χ0v) is 14.6. The second kappa shape index (κ2) is 5.61. The maximum atomic E-state index is 12.7. The molecule has 3 heterocycles. The maximum absolute atomic E-state index is 12.7. The zero-order valence-electron chi connectivity index (χ0n) is 12.9. The lowest BCUT2D eigenvalue weighted by Crippen LogP contribution is -2.23. The molecule has 0 saturated carbocycles. The van der Waals surface area contributed by atoms with Gasteiger partial charge in [0.2, 0.25) is 4.96 Å². The number of hydrogen-bond acceptors (Lipinski definition) is 5. The molecule has 0 radical (unpaired) electrons. The van der Waals surface area contributed by atoms with E-state index in [1.807, 2.05) is 47.9 Å². The Morgan fingerprint density at radius 3 is 2.72 bits per heavy atom. The molecule has 0 unspecified atom stereocenters. The SMILES string of the molecule is O=c1/c(=C/c2cccc3ccccc23)sc2nc(-c3cccs3)nn12. The van der Waals surface area contributed by atoms with Crippen LogP contribution in [0.3, 0.4) is 0 Å². The Balaban J connectivity index is 1.70. The summed E-state index contributed by atoms with van der Waals surface area (Å²) in [5.74, 6) is 0.607. The normalized spacial score (nSPS) is 12.4. The van der Waals surface area contributed by atoms with Crippen molar-refractivity contribution in [3.63, 3.8) is 0 Å². The molecule has 0 bridgehead atoms. The van der Waals surface area contributed by atoms with E-state index in [1.54, 1.807) is 11.3 Å². The molecule has 0 saturated heterocycles. The molecular formula is C19H11N3OS2. The van der Waals surface area contributed by atoms with Crippen molar-refractivity contribution in [3.05, 3.63) is 80.4 Å². The predicted molar refractivity (Wildman–Crippen MR) is 103 cm³/mol. The summed E-state index contributed by atoms with van der Waals surface area (Å²) < 4.78 is 2.04. The third-order valence-corrected chi connectivity index (χ3v) is 5.86. The fraction of sp³-hybridized carbons (Fsp3) is 0. The third-order valence-electron chi connectivity index (χ3n) is 4.03. The number of aromatic nitrogens is 3. The van der Waals surface area contributed by atoms with Crippen LogP contribution in [0.4, 0.5) is 0 Å². The first kappa shape index (κ1) is 14.5. The highest BCUT2D eigenvalue weighted by Crippen LogP contribution is 2.22. The summed E-state index contributed by atoms with van der Waals surface area (Å²) in [6, 6.07) is 18.2. The molecule has 25 heavy (non-hydrogen) atoms. The van der Waals surface area contributed by atoms with Gasteiger partial charge >= 0.3 is 0 Å². The second-order valence-corrected chi connectivity index (χ2v) is 7.55. The van der Waals surface area contributed by atoms with Gasteiger partial charge in [-0.1, -0.05) is 59.9 Å². The van der Waals surface area contributed by atoms with Gasteiger partial charge in [0.1, 0.15) is 0 Å². The lowest BCUT2D eigenvalue weighted by molar-refractivity contribution is 0.938. The molecule has 0 atom stereocenters. The molecule has 5 rings (SSSR count). The standard InChI is InChI=1S/C19H11N3OS2/c23-18-16(11-13-7-3-6-12-5-1-2-8-14(12)13)25-19-20-17(21-22(18)19)15-9-4-10-24-15/h1-11H/b16-11-. The quantitative estimate of drug-likeness (QED) is 0.483. The van der Waals surface area contributed by atoms with Crippen LogP contribution in [-0.2, 0) is 0 Å². The number of hydrogen-bond donors (Lipinski definition) is 0. The van der Waals surface area contributed by atoms with Crippen molar-refractivity contribution in [2.24, 2.45) is 0 Å². The molecule has 3 aromatic heterocycles. The number of nitrogens with zero attached hydrogens (tertiary/aromatic N) is 3. The molecule has 0 aliphatic rings. The van der Waals surface area contributed by atoms with E-state index in [-0.39, 0.29) is 5.56 Å². The van der Waals surface area contributed by atoms with Crippen LogP contribution < -0.4 is 10.1 Å². The van der Waals surface area contributed by atoms with Gasteiger partial charge in [-0.05, 0) is 33.9 Å². The first-order valence-electron chi connectivity index (χ1n) is 7.72. The minimum Gasteiger partial charge on any atom is -0.266 e. The smallest absolute Gasteiger partial charge is 0.266 e. The average molecular weight is 361 g/mol. The van der Waals surface area contributed by atoms with Gasteiger partial charge < -0.3 is 0 Å². The first-order valence-corrected chi connectivity index (χ1v) is 9.42. The van der Waals surface area contributed by atoms with Gasteiger partial charge in [0, 0.05) is 0 Å². The van der Waals surface area contributed by atoms with Crippen LogP contribution in [0.2, 0.25) is 0 Å². The Morgan fingerprint density at radius 1 is 1.00 bits per heavy atom. The molecule has 0 fully saturated rings. The molecule has 5 aromatic rings. The van der Waals surface area contributed by atoms with E-state index in [0.717, 1.165) is 21.2 Å².